The van der Waals surface area contributed by atoms with Crippen LogP contribution in [0.5, 0.6) is 0 Å². The van der Waals surface area contributed by atoms with Gasteiger partial charge in [0.15, 0.2) is 0 Å². The Kier molecular flexibility index (Phi) is 5.93. The topological polar surface area (TPSA) is 20.2 Å². The van der Waals surface area contributed by atoms with Gasteiger partial charge in [0, 0.05) is 0 Å². The van der Waals surface area contributed by atoms with Crippen molar-refractivity contribution in [3.05, 3.63) is 11.1 Å². The van der Waals surface area contributed by atoms with Crippen molar-refractivity contribution in [2.24, 2.45) is 10.8 Å². The smallest absolute Gasteiger partial charge is 0.0582 e. The Balaban J connectivity index is 4.42. The standard InChI is InChI=1S/C16H32O/c1-12(13(2)10-15(3,4)5)9-14(17)11-16(6,7)8/h14,17H,9-11H2,1-8H3/b13-12-. The first kappa shape index (κ1) is 16.7. The van der Waals surface area contributed by atoms with E-state index in [1.54, 1.807) is 0 Å². The predicted molar refractivity (Wildman–Crippen MR) is 77.1 cm³/mol. The molecule has 0 aromatic carbocycles. The van der Waals surface area contributed by atoms with E-state index < -0.39 is 0 Å². The second kappa shape index (κ2) is 6.04. The van der Waals surface area contributed by atoms with E-state index in [1.165, 1.54) is 11.1 Å². The highest BCUT2D eigenvalue weighted by atomic mass is 16.3. The van der Waals surface area contributed by atoms with Gasteiger partial charge in [-0.2, -0.15) is 0 Å². The highest BCUT2D eigenvalue weighted by Crippen LogP contribution is 2.28. The molecule has 1 unspecified atom stereocenters. The van der Waals surface area contributed by atoms with Crippen molar-refractivity contribution >= 4 is 0 Å². The molecule has 1 nitrogen and oxygen atoms in total. The molecule has 0 rings (SSSR count). The molecule has 0 spiro atoms. The van der Waals surface area contributed by atoms with Gasteiger partial charge in [-0.15, -0.1) is 0 Å². The molecule has 0 saturated carbocycles. The zero-order valence-electron chi connectivity index (χ0n) is 13.1. The summed E-state index contributed by atoms with van der Waals surface area (Å²) < 4.78 is 0. The van der Waals surface area contributed by atoms with Crippen molar-refractivity contribution in [3.63, 3.8) is 0 Å². The van der Waals surface area contributed by atoms with Gasteiger partial charge in [0.1, 0.15) is 0 Å². The number of rotatable bonds is 4. The van der Waals surface area contributed by atoms with E-state index in [4.69, 9.17) is 0 Å². The molecule has 1 N–H and O–H groups in total. The zero-order chi connectivity index (χ0) is 13.9. The molecule has 0 saturated heterocycles. The lowest BCUT2D eigenvalue weighted by atomic mass is 9.84. The van der Waals surface area contributed by atoms with Crippen LogP contribution in [0.1, 0.15) is 74.7 Å². The third kappa shape index (κ3) is 9.41. The van der Waals surface area contributed by atoms with Gasteiger partial charge in [0.25, 0.3) is 0 Å². The molecule has 0 fully saturated rings. The maximum absolute atomic E-state index is 10.1. The Morgan fingerprint density at radius 2 is 1.35 bits per heavy atom. The number of hydrogen-bond acceptors (Lipinski definition) is 1. The molecule has 102 valence electrons. The lowest BCUT2D eigenvalue weighted by Gasteiger charge is -2.24. The molecule has 0 aromatic heterocycles. The monoisotopic (exact) mass is 240 g/mol. The minimum atomic E-state index is -0.204. The molecule has 1 heteroatoms. The third-order valence-corrected chi connectivity index (χ3v) is 2.91. The Hall–Kier alpha value is -0.300. The van der Waals surface area contributed by atoms with Crippen molar-refractivity contribution in [3.8, 4) is 0 Å². The average molecular weight is 240 g/mol. The minimum absolute atomic E-state index is 0.204. The van der Waals surface area contributed by atoms with Gasteiger partial charge in [-0.25, -0.2) is 0 Å². The summed E-state index contributed by atoms with van der Waals surface area (Å²) in [7, 11) is 0. The van der Waals surface area contributed by atoms with Crippen LogP contribution < -0.4 is 0 Å². The van der Waals surface area contributed by atoms with Gasteiger partial charge in [-0.05, 0) is 43.9 Å². The third-order valence-electron chi connectivity index (χ3n) is 2.91. The Bertz CT molecular complexity index is 260. The van der Waals surface area contributed by atoms with Crippen LogP contribution in [0.15, 0.2) is 11.1 Å². The maximum atomic E-state index is 10.1. The molecule has 0 heterocycles. The maximum Gasteiger partial charge on any atom is 0.0582 e. The first-order valence-electron chi connectivity index (χ1n) is 6.74. The normalized spacial score (nSPS) is 16.8. The average Bonchev–Trinajstić information content (AvgIpc) is 1.95. The van der Waals surface area contributed by atoms with E-state index >= 15 is 0 Å². The van der Waals surface area contributed by atoms with Crippen LogP contribution in [0.25, 0.3) is 0 Å². The summed E-state index contributed by atoms with van der Waals surface area (Å²) in [5.41, 5.74) is 3.33. The van der Waals surface area contributed by atoms with Crippen LogP contribution in [0.4, 0.5) is 0 Å². The van der Waals surface area contributed by atoms with Crippen LogP contribution in [0.2, 0.25) is 0 Å². The van der Waals surface area contributed by atoms with Gasteiger partial charge in [-0.1, -0.05) is 52.7 Å². The molecule has 0 radical (unpaired) electrons. The fourth-order valence-corrected chi connectivity index (χ4v) is 2.25. The van der Waals surface area contributed by atoms with E-state index in [9.17, 15) is 5.11 Å². The summed E-state index contributed by atoms with van der Waals surface area (Å²) in [5.74, 6) is 0. The van der Waals surface area contributed by atoms with Crippen molar-refractivity contribution in [2.45, 2.75) is 80.8 Å². The summed E-state index contributed by atoms with van der Waals surface area (Å²) in [6.45, 7) is 17.7. The molecule has 0 bridgehead atoms. The summed E-state index contributed by atoms with van der Waals surface area (Å²) in [6.07, 6.45) is 2.60. The van der Waals surface area contributed by atoms with E-state index in [0.29, 0.717) is 5.41 Å². The Morgan fingerprint density at radius 1 is 0.882 bits per heavy atom. The summed E-state index contributed by atoms with van der Waals surface area (Å²) in [4.78, 5) is 0. The van der Waals surface area contributed by atoms with Gasteiger partial charge in [-0.3, -0.25) is 0 Å². The van der Waals surface area contributed by atoms with Crippen molar-refractivity contribution in [1.82, 2.24) is 0 Å². The zero-order valence-corrected chi connectivity index (χ0v) is 13.1. The summed E-state index contributed by atoms with van der Waals surface area (Å²) >= 11 is 0. The first-order valence-corrected chi connectivity index (χ1v) is 6.74. The molecular weight excluding hydrogens is 208 g/mol. The number of aliphatic hydroxyl groups is 1. The Labute approximate surface area is 108 Å². The van der Waals surface area contributed by atoms with Crippen LogP contribution in [0, 0.1) is 10.8 Å². The SMILES string of the molecule is C/C(CC(O)CC(C)(C)C)=C(\C)CC(C)(C)C. The minimum Gasteiger partial charge on any atom is -0.393 e. The largest absolute Gasteiger partial charge is 0.393 e. The van der Waals surface area contributed by atoms with Crippen molar-refractivity contribution in [1.29, 1.82) is 0 Å². The first-order chi connectivity index (χ1) is 7.41. The lowest BCUT2D eigenvalue weighted by Crippen LogP contribution is -2.18. The quantitative estimate of drug-likeness (QED) is 0.690. The second-order valence-electron chi connectivity index (χ2n) is 7.92. The van der Waals surface area contributed by atoms with Crippen LogP contribution in [0.3, 0.4) is 0 Å². The molecule has 0 aliphatic heterocycles. The number of hydrogen-bond donors (Lipinski definition) is 1. The van der Waals surface area contributed by atoms with Crippen LogP contribution >= 0.6 is 0 Å². The molecule has 0 aromatic rings. The van der Waals surface area contributed by atoms with E-state index in [2.05, 4.69) is 55.4 Å². The lowest BCUT2D eigenvalue weighted by molar-refractivity contribution is 0.121. The van der Waals surface area contributed by atoms with E-state index in [1.807, 2.05) is 0 Å². The number of allylic oxidation sites excluding steroid dienone is 1. The van der Waals surface area contributed by atoms with Gasteiger partial charge >= 0.3 is 0 Å². The molecular formula is C16H32O. The van der Waals surface area contributed by atoms with Crippen molar-refractivity contribution in [2.75, 3.05) is 0 Å². The molecule has 17 heavy (non-hydrogen) atoms. The summed E-state index contributed by atoms with van der Waals surface area (Å²) in [6, 6.07) is 0. The van der Waals surface area contributed by atoms with Gasteiger partial charge in [0.05, 0.1) is 6.10 Å². The van der Waals surface area contributed by atoms with Crippen molar-refractivity contribution < 1.29 is 5.11 Å². The Morgan fingerprint density at radius 3 is 1.71 bits per heavy atom. The fraction of sp³-hybridized carbons (Fsp3) is 0.875. The van der Waals surface area contributed by atoms with Crippen LogP contribution in [-0.2, 0) is 0 Å². The predicted octanol–water partition coefficient (Wildman–Crippen LogP) is 4.95. The highest BCUT2D eigenvalue weighted by molar-refractivity contribution is 5.12. The van der Waals surface area contributed by atoms with Crippen LogP contribution in [-0.4, -0.2) is 11.2 Å². The number of aliphatic hydroxyl groups excluding tert-OH is 1. The fourth-order valence-electron chi connectivity index (χ4n) is 2.25. The van der Waals surface area contributed by atoms with E-state index in [-0.39, 0.29) is 11.5 Å². The second-order valence-corrected chi connectivity index (χ2v) is 7.92. The molecule has 0 amide bonds. The highest BCUT2D eigenvalue weighted by Gasteiger charge is 2.18. The summed E-state index contributed by atoms with van der Waals surface area (Å²) in [5, 5.41) is 10.1. The van der Waals surface area contributed by atoms with Gasteiger partial charge < -0.3 is 5.11 Å². The molecule has 1 atom stereocenters. The van der Waals surface area contributed by atoms with E-state index in [0.717, 1.165) is 19.3 Å². The molecule has 0 aliphatic rings. The van der Waals surface area contributed by atoms with Gasteiger partial charge in [0.2, 0.25) is 0 Å². The molecule has 0 aliphatic carbocycles.